The molecule has 0 aliphatic rings. The van der Waals surface area contributed by atoms with Crippen molar-refractivity contribution in [1.82, 2.24) is 0 Å². The van der Waals surface area contributed by atoms with Gasteiger partial charge in [-0.1, -0.05) is 19.1 Å². The minimum Gasteiger partial charge on any atom is -0.456 e. The van der Waals surface area contributed by atoms with Crippen LogP contribution in [0.2, 0.25) is 0 Å². The van der Waals surface area contributed by atoms with E-state index in [1.54, 1.807) is 11.8 Å². The van der Waals surface area contributed by atoms with Gasteiger partial charge in [0.25, 0.3) is 0 Å². The summed E-state index contributed by atoms with van der Waals surface area (Å²) in [6, 6.07) is 12.1. The highest BCUT2D eigenvalue weighted by atomic mass is 79.9. The summed E-state index contributed by atoms with van der Waals surface area (Å²) in [5.41, 5.74) is 8.15. The number of benzene rings is 2. The van der Waals surface area contributed by atoms with E-state index in [0.717, 1.165) is 27.3 Å². The topological polar surface area (TPSA) is 35.2 Å². The van der Waals surface area contributed by atoms with Crippen LogP contribution in [0.15, 0.2) is 45.8 Å². The summed E-state index contributed by atoms with van der Waals surface area (Å²) in [4.78, 5) is 1.19. The molecule has 0 saturated heterocycles. The highest BCUT2D eigenvalue weighted by molar-refractivity contribution is 9.10. The summed E-state index contributed by atoms with van der Waals surface area (Å²) in [6.45, 7) is 4.66. The number of hydrogen-bond acceptors (Lipinski definition) is 3. The third kappa shape index (κ3) is 3.57. The van der Waals surface area contributed by atoms with Crippen molar-refractivity contribution in [2.45, 2.75) is 25.3 Å². The summed E-state index contributed by atoms with van der Waals surface area (Å²) in [5.74, 6) is 2.66. The van der Waals surface area contributed by atoms with Gasteiger partial charge in [0.05, 0.1) is 4.47 Å². The molecule has 0 aliphatic carbocycles. The zero-order valence-electron chi connectivity index (χ0n) is 11.7. The second-order valence-electron chi connectivity index (χ2n) is 4.41. The van der Waals surface area contributed by atoms with E-state index >= 15 is 0 Å². The van der Waals surface area contributed by atoms with Crippen molar-refractivity contribution in [3.63, 3.8) is 0 Å². The lowest BCUT2D eigenvalue weighted by Gasteiger charge is -2.14. The molecular weight excluding hydrogens is 334 g/mol. The van der Waals surface area contributed by atoms with Crippen LogP contribution in [0.25, 0.3) is 0 Å². The number of nitrogens with two attached hydrogens (primary N) is 1. The standard InChI is InChI=1S/C16H18BrNOS/c1-3-20-16-6-4-5-14(12(16)10-18)19-15-8-7-11(2)9-13(15)17/h4-9H,3,10,18H2,1-2H3. The number of ether oxygens (including phenoxy) is 1. The highest BCUT2D eigenvalue weighted by Gasteiger charge is 2.10. The van der Waals surface area contributed by atoms with E-state index in [-0.39, 0.29) is 0 Å². The molecule has 2 N–H and O–H groups in total. The molecule has 0 fully saturated rings. The molecule has 0 bridgehead atoms. The van der Waals surface area contributed by atoms with Gasteiger partial charge in [-0.3, -0.25) is 0 Å². The van der Waals surface area contributed by atoms with Crippen LogP contribution < -0.4 is 10.5 Å². The Bertz CT molecular complexity index is 601. The summed E-state index contributed by atoms with van der Waals surface area (Å²) in [5, 5.41) is 0. The zero-order chi connectivity index (χ0) is 14.5. The van der Waals surface area contributed by atoms with Crippen molar-refractivity contribution in [2.24, 2.45) is 5.73 Å². The summed E-state index contributed by atoms with van der Waals surface area (Å²) >= 11 is 5.33. The van der Waals surface area contributed by atoms with E-state index in [1.807, 2.05) is 30.3 Å². The van der Waals surface area contributed by atoms with Crippen LogP contribution in [-0.4, -0.2) is 5.75 Å². The van der Waals surface area contributed by atoms with E-state index in [4.69, 9.17) is 10.5 Å². The van der Waals surface area contributed by atoms with Gasteiger partial charge in [-0.15, -0.1) is 11.8 Å². The lowest BCUT2D eigenvalue weighted by atomic mass is 10.2. The molecule has 0 aromatic heterocycles. The van der Waals surface area contributed by atoms with Crippen molar-refractivity contribution in [3.05, 3.63) is 52.0 Å². The third-order valence-electron chi connectivity index (χ3n) is 2.90. The molecule has 0 unspecified atom stereocenters. The molecule has 0 heterocycles. The quantitative estimate of drug-likeness (QED) is 0.759. The lowest BCUT2D eigenvalue weighted by Crippen LogP contribution is -2.02. The van der Waals surface area contributed by atoms with Crippen LogP contribution in [-0.2, 0) is 6.54 Å². The minimum atomic E-state index is 0.474. The third-order valence-corrected chi connectivity index (χ3v) is 4.50. The fraction of sp³-hybridized carbons (Fsp3) is 0.250. The molecule has 20 heavy (non-hydrogen) atoms. The Kier molecular flexibility index (Phi) is 5.52. The van der Waals surface area contributed by atoms with Crippen LogP contribution in [0.1, 0.15) is 18.1 Å². The first-order valence-corrected chi connectivity index (χ1v) is 8.32. The van der Waals surface area contributed by atoms with Gasteiger partial charge in [-0.2, -0.15) is 0 Å². The van der Waals surface area contributed by atoms with Gasteiger partial charge in [-0.05, 0) is 58.4 Å². The molecule has 2 aromatic carbocycles. The summed E-state index contributed by atoms with van der Waals surface area (Å²) in [7, 11) is 0. The van der Waals surface area contributed by atoms with E-state index in [0.29, 0.717) is 6.54 Å². The molecule has 0 radical (unpaired) electrons. The maximum absolute atomic E-state index is 6.03. The first-order valence-electron chi connectivity index (χ1n) is 6.54. The van der Waals surface area contributed by atoms with Crippen molar-refractivity contribution in [1.29, 1.82) is 0 Å². The largest absolute Gasteiger partial charge is 0.456 e. The average Bonchev–Trinajstić information content (AvgIpc) is 2.42. The molecule has 0 amide bonds. The maximum atomic E-state index is 6.03. The Morgan fingerprint density at radius 1 is 1.20 bits per heavy atom. The number of thioether (sulfide) groups is 1. The van der Waals surface area contributed by atoms with Crippen LogP contribution in [0.3, 0.4) is 0 Å². The molecule has 2 nitrogen and oxygen atoms in total. The number of halogens is 1. The molecule has 106 valence electrons. The molecular formula is C16H18BrNOS. The molecule has 0 spiro atoms. The van der Waals surface area contributed by atoms with Crippen molar-refractivity contribution < 1.29 is 4.74 Å². The normalized spacial score (nSPS) is 10.6. The number of aryl methyl sites for hydroxylation is 1. The summed E-state index contributed by atoms with van der Waals surface area (Å²) in [6.07, 6.45) is 0. The van der Waals surface area contributed by atoms with Gasteiger partial charge in [0.2, 0.25) is 0 Å². The van der Waals surface area contributed by atoms with Crippen molar-refractivity contribution in [2.75, 3.05) is 5.75 Å². The summed E-state index contributed by atoms with van der Waals surface area (Å²) < 4.78 is 6.99. The van der Waals surface area contributed by atoms with Gasteiger partial charge in [0, 0.05) is 17.0 Å². The second kappa shape index (κ2) is 7.16. The van der Waals surface area contributed by atoms with E-state index in [1.165, 1.54) is 10.5 Å². The van der Waals surface area contributed by atoms with Gasteiger partial charge in [0.15, 0.2) is 0 Å². The van der Waals surface area contributed by atoms with Crippen LogP contribution >= 0.6 is 27.7 Å². The fourth-order valence-electron chi connectivity index (χ4n) is 1.94. The van der Waals surface area contributed by atoms with Crippen LogP contribution in [0.5, 0.6) is 11.5 Å². The number of rotatable bonds is 5. The Labute approximate surface area is 132 Å². The van der Waals surface area contributed by atoms with Crippen molar-refractivity contribution in [3.8, 4) is 11.5 Å². The van der Waals surface area contributed by atoms with Crippen LogP contribution in [0.4, 0.5) is 0 Å². The molecule has 4 heteroatoms. The second-order valence-corrected chi connectivity index (χ2v) is 6.57. The zero-order valence-corrected chi connectivity index (χ0v) is 14.1. The predicted molar refractivity (Wildman–Crippen MR) is 89.7 cm³/mol. The molecule has 2 aromatic rings. The smallest absolute Gasteiger partial charge is 0.141 e. The lowest BCUT2D eigenvalue weighted by molar-refractivity contribution is 0.471. The Hall–Kier alpha value is -0.970. The molecule has 0 saturated carbocycles. The maximum Gasteiger partial charge on any atom is 0.141 e. The van der Waals surface area contributed by atoms with E-state index in [2.05, 4.69) is 35.8 Å². The van der Waals surface area contributed by atoms with Crippen molar-refractivity contribution >= 4 is 27.7 Å². The predicted octanol–water partition coefficient (Wildman–Crippen LogP) is 5.12. The monoisotopic (exact) mass is 351 g/mol. The van der Waals surface area contributed by atoms with Gasteiger partial charge in [-0.25, -0.2) is 0 Å². The van der Waals surface area contributed by atoms with E-state index in [9.17, 15) is 0 Å². The highest BCUT2D eigenvalue weighted by Crippen LogP contribution is 2.35. The SMILES string of the molecule is CCSc1cccc(Oc2ccc(C)cc2Br)c1CN. The first-order chi connectivity index (χ1) is 9.65. The van der Waals surface area contributed by atoms with Gasteiger partial charge in [0.1, 0.15) is 11.5 Å². The molecule has 0 aliphatic heterocycles. The Morgan fingerprint density at radius 2 is 2.00 bits per heavy atom. The first kappa shape index (κ1) is 15.4. The fourth-order valence-corrected chi connectivity index (χ4v) is 3.36. The van der Waals surface area contributed by atoms with Crippen LogP contribution in [0, 0.1) is 6.92 Å². The number of hydrogen-bond donors (Lipinski definition) is 1. The minimum absolute atomic E-state index is 0.474. The molecule has 2 rings (SSSR count). The Morgan fingerprint density at radius 3 is 2.65 bits per heavy atom. The van der Waals surface area contributed by atoms with Gasteiger partial charge >= 0.3 is 0 Å². The molecule has 0 atom stereocenters. The Balaban J connectivity index is 2.35. The van der Waals surface area contributed by atoms with E-state index < -0.39 is 0 Å². The average molecular weight is 352 g/mol. The van der Waals surface area contributed by atoms with Gasteiger partial charge < -0.3 is 10.5 Å².